The Balaban J connectivity index is 1.75. The minimum atomic E-state index is -0.327. The fourth-order valence-electron chi connectivity index (χ4n) is 3.22. The molecule has 0 spiro atoms. The molecule has 0 bridgehead atoms. The number of hydrogen-bond donors (Lipinski definition) is 0. The Hall–Kier alpha value is -2.18. The molecule has 3 nitrogen and oxygen atoms in total. The molecule has 0 saturated carbocycles. The van der Waals surface area contributed by atoms with Gasteiger partial charge in [0.25, 0.3) is 11.8 Å². The highest BCUT2D eigenvalue weighted by Crippen LogP contribution is 2.44. The molecule has 1 aliphatic heterocycles. The molecule has 7 heteroatoms. The summed E-state index contributed by atoms with van der Waals surface area (Å²) in [4.78, 5) is 30.6. The number of benzene rings is 3. The zero-order chi connectivity index (χ0) is 22.1. The van der Waals surface area contributed by atoms with Gasteiger partial charge in [0.15, 0.2) is 0 Å². The molecule has 0 fully saturated rings. The first-order valence-electron chi connectivity index (χ1n) is 9.40. The molecule has 3 aromatic rings. The Morgan fingerprint density at radius 1 is 0.645 bits per heavy atom. The molecule has 2 amide bonds. The predicted octanol–water partition coefficient (Wildman–Crippen LogP) is 7.28. The lowest BCUT2D eigenvalue weighted by Gasteiger charge is -2.16. The van der Waals surface area contributed by atoms with Crippen molar-refractivity contribution < 1.29 is 9.59 Å². The van der Waals surface area contributed by atoms with Crippen LogP contribution in [0.15, 0.2) is 86.3 Å². The van der Waals surface area contributed by atoms with Crippen molar-refractivity contribution in [2.24, 2.45) is 0 Å². The van der Waals surface area contributed by atoms with E-state index in [4.69, 9.17) is 23.2 Å². The van der Waals surface area contributed by atoms with Gasteiger partial charge >= 0.3 is 0 Å². The molecule has 4 rings (SSSR count). The van der Waals surface area contributed by atoms with E-state index in [-0.39, 0.29) is 11.8 Å². The maximum absolute atomic E-state index is 13.4. The molecular weight excluding hydrogens is 469 g/mol. The van der Waals surface area contributed by atoms with Crippen molar-refractivity contribution in [3.63, 3.8) is 0 Å². The number of anilines is 1. The van der Waals surface area contributed by atoms with E-state index in [2.05, 4.69) is 0 Å². The van der Waals surface area contributed by atoms with Gasteiger partial charge in [0.1, 0.15) is 0 Å². The van der Waals surface area contributed by atoms with E-state index in [1.54, 1.807) is 24.3 Å². The average molecular weight is 486 g/mol. The molecule has 1 heterocycles. The quantitative estimate of drug-likeness (QED) is 0.355. The molecule has 0 unspecified atom stereocenters. The summed E-state index contributed by atoms with van der Waals surface area (Å²) in [6, 6.07) is 20.1. The first kappa shape index (κ1) is 22.0. The molecule has 3 aromatic carbocycles. The number of imide groups is 1. The lowest BCUT2D eigenvalue weighted by Crippen LogP contribution is -2.31. The van der Waals surface area contributed by atoms with E-state index in [1.165, 1.54) is 28.4 Å². The van der Waals surface area contributed by atoms with E-state index in [9.17, 15) is 9.59 Å². The Kier molecular flexibility index (Phi) is 6.49. The average Bonchev–Trinajstić information content (AvgIpc) is 2.94. The Bertz CT molecular complexity index is 1120. The molecule has 0 radical (unpaired) electrons. The van der Waals surface area contributed by atoms with E-state index < -0.39 is 0 Å². The van der Waals surface area contributed by atoms with Crippen LogP contribution in [0.2, 0.25) is 10.0 Å². The predicted molar refractivity (Wildman–Crippen MR) is 130 cm³/mol. The molecule has 0 atom stereocenters. The van der Waals surface area contributed by atoms with Gasteiger partial charge in [0, 0.05) is 19.8 Å². The van der Waals surface area contributed by atoms with Crippen molar-refractivity contribution in [2.45, 2.75) is 23.6 Å². The van der Waals surface area contributed by atoms with Gasteiger partial charge in [-0.1, -0.05) is 52.8 Å². The number of halogens is 2. The summed E-state index contributed by atoms with van der Waals surface area (Å²) >= 11 is 14.5. The lowest BCUT2D eigenvalue weighted by atomic mass is 10.1. The highest BCUT2D eigenvalue weighted by molar-refractivity contribution is 8.08. The Morgan fingerprint density at radius 2 is 1.03 bits per heavy atom. The van der Waals surface area contributed by atoms with Crippen molar-refractivity contribution in [2.75, 3.05) is 4.90 Å². The van der Waals surface area contributed by atoms with Crippen LogP contribution in [-0.2, 0) is 9.59 Å². The fourth-order valence-corrected chi connectivity index (χ4v) is 5.46. The topological polar surface area (TPSA) is 37.4 Å². The van der Waals surface area contributed by atoms with Crippen LogP contribution in [0.5, 0.6) is 0 Å². The van der Waals surface area contributed by atoms with Gasteiger partial charge in [-0.2, -0.15) is 0 Å². The largest absolute Gasteiger partial charge is 0.273 e. The smallest absolute Gasteiger partial charge is 0.268 e. The third-order valence-electron chi connectivity index (χ3n) is 4.53. The molecule has 31 heavy (non-hydrogen) atoms. The molecule has 0 N–H and O–H groups in total. The maximum Gasteiger partial charge on any atom is 0.273 e. The van der Waals surface area contributed by atoms with Crippen LogP contribution in [0.1, 0.15) is 11.1 Å². The zero-order valence-corrected chi connectivity index (χ0v) is 19.8. The van der Waals surface area contributed by atoms with Gasteiger partial charge < -0.3 is 0 Å². The van der Waals surface area contributed by atoms with Crippen LogP contribution in [0.25, 0.3) is 0 Å². The third-order valence-corrected chi connectivity index (χ3v) is 7.35. The number of carbonyl (C=O) groups is 2. The Labute approximate surface area is 199 Å². The van der Waals surface area contributed by atoms with E-state index in [0.717, 1.165) is 20.9 Å². The number of hydrogen-bond acceptors (Lipinski definition) is 4. The van der Waals surface area contributed by atoms with Crippen molar-refractivity contribution in [3.05, 3.63) is 97.7 Å². The normalized spacial score (nSPS) is 14.0. The summed E-state index contributed by atoms with van der Waals surface area (Å²) in [6.45, 7) is 3.89. The summed E-state index contributed by atoms with van der Waals surface area (Å²) in [6.07, 6.45) is 0. The summed E-state index contributed by atoms with van der Waals surface area (Å²) in [7, 11) is 0. The highest BCUT2D eigenvalue weighted by Gasteiger charge is 2.40. The monoisotopic (exact) mass is 485 g/mol. The van der Waals surface area contributed by atoms with Gasteiger partial charge in [0.05, 0.1) is 15.5 Å². The number of thioether (sulfide) groups is 2. The first-order chi connectivity index (χ1) is 14.8. The minimum Gasteiger partial charge on any atom is -0.268 e. The Morgan fingerprint density at radius 3 is 1.42 bits per heavy atom. The molecule has 156 valence electrons. The maximum atomic E-state index is 13.4. The standard InChI is InChI=1S/C24H17Cl2NO2S2/c1-14-11-15(2)13-18(12-14)27-23(28)21(30-19-7-3-16(25)4-8-19)22(24(27)29)31-20-9-5-17(26)6-10-20/h3-13H,1-2H3. The van der Waals surface area contributed by atoms with Gasteiger partial charge in [-0.25, -0.2) is 4.90 Å². The highest BCUT2D eigenvalue weighted by atomic mass is 35.5. The number of rotatable bonds is 5. The van der Waals surface area contributed by atoms with Crippen LogP contribution in [-0.4, -0.2) is 11.8 Å². The number of amides is 2. The van der Waals surface area contributed by atoms with Gasteiger partial charge in [0.2, 0.25) is 0 Å². The van der Waals surface area contributed by atoms with Gasteiger partial charge in [-0.3, -0.25) is 9.59 Å². The van der Waals surface area contributed by atoms with Crippen molar-refractivity contribution in [3.8, 4) is 0 Å². The van der Waals surface area contributed by atoms with Gasteiger partial charge in [-0.05, 0) is 85.6 Å². The van der Waals surface area contributed by atoms with E-state index in [1.807, 2.05) is 56.3 Å². The van der Waals surface area contributed by atoms with Crippen molar-refractivity contribution >= 4 is 64.2 Å². The summed E-state index contributed by atoms with van der Waals surface area (Å²) in [5, 5.41) is 1.22. The SMILES string of the molecule is Cc1cc(C)cc(N2C(=O)C(Sc3ccc(Cl)cc3)=C(Sc3ccc(Cl)cc3)C2=O)c1. The minimum absolute atomic E-state index is 0.327. The van der Waals surface area contributed by atoms with Gasteiger partial charge in [-0.15, -0.1) is 0 Å². The number of nitrogens with zero attached hydrogens (tertiary/aromatic N) is 1. The van der Waals surface area contributed by atoms with Crippen LogP contribution in [0, 0.1) is 13.8 Å². The van der Waals surface area contributed by atoms with Crippen LogP contribution in [0.3, 0.4) is 0 Å². The van der Waals surface area contributed by atoms with Crippen LogP contribution < -0.4 is 4.90 Å². The lowest BCUT2D eigenvalue weighted by molar-refractivity contribution is -0.120. The molecular formula is C24H17Cl2NO2S2. The second kappa shape index (κ2) is 9.13. The van der Waals surface area contributed by atoms with Crippen molar-refractivity contribution in [1.29, 1.82) is 0 Å². The summed E-state index contributed by atoms with van der Waals surface area (Å²) < 4.78 is 0. The van der Waals surface area contributed by atoms with Crippen molar-refractivity contribution in [1.82, 2.24) is 0 Å². The number of carbonyl (C=O) groups excluding carboxylic acids is 2. The summed E-state index contributed by atoms with van der Waals surface area (Å²) in [5.41, 5.74) is 2.55. The third kappa shape index (κ3) is 4.85. The van der Waals surface area contributed by atoms with Crippen LogP contribution >= 0.6 is 46.7 Å². The first-order valence-corrected chi connectivity index (χ1v) is 11.8. The molecule has 0 saturated heterocycles. The fraction of sp³-hybridized carbons (Fsp3) is 0.0833. The second-order valence-corrected chi connectivity index (χ2v) is 10.1. The zero-order valence-electron chi connectivity index (χ0n) is 16.7. The van der Waals surface area contributed by atoms with Crippen LogP contribution in [0.4, 0.5) is 5.69 Å². The van der Waals surface area contributed by atoms with E-state index in [0.29, 0.717) is 25.5 Å². The molecule has 0 aliphatic carbocycles. The number of aryl methyl sites for hydroxylation is 2. The second-order valence-electron chi connectivity index (χ2n) is 7.06. The molecule has 1 aliphatic rings. The van der Waals surface area contributed by atoms with E-state index >= 15 is 0 Å². The molecule has 0 aromatic heterocycles. The summed E-state index contributed by atoms with van der Waals surface area (Å²) in [5.74, 6) is -0.655.